The van der Waals surface area contributed by atoms with Crippen LogP contribution in [0.5, 0.6) is 0 Å². The molecule has 1 aliphatic rings. The van der Waals surface area contributed by atoms with E-state index < -0.39 is 10.2 Å². The number of nitrogens with zero attached hydrogens (tertiary/aromatic N) is 2. The van der Waals surface area contributed by atoms with E-state index in [9.17, 15) is 8.42 Å². The van der Waals surface area contributed by atoms with Crippen LogP contribution in [0, 0.1) is 5.92 Å². The highest BCUT2D eigenvalue weighted by molar-refractivity contribution is 7.87. The first kappa shape index (κ1) is 14.8. The van der Waals surface area contributed by atoms with Gasteiger partial charge in [0.15, 0.2) is 0 Å². The fourth-order valence-corrected chi connectivity index (χ4v) is 3.77. The van der Waals surface area contributed by atoms with Crippen molar-refractivity contribution in [1.29, 1.82) is 0 Å². The molecule has 0 saturated carbocycles. The predicted molar refractivity (Wildman–Crippen MR) is 72.9 cm³/mol. The molecule has 0 aromatic heterocycles. The Morgan fingerprint density at radius 1 is 1.47 bits per heavy atom. The molecule has 0 atom stereocenters. The largest absolute Gasteiger partial charge is 0.392 e. The molecule has 0 bridgehead atoms. The lowest BCUT2D eigenvalue weighted by Gasteiger charge is -2.33. The summed E-state index contributed by atoms with van der Waals surface area (Å²) in [6.45, 7) is 5.65. The molecule has 0 aromatic carbocycles. The second-order valence-electron chi connectivity index (χ2n) is 4.48. The zero-order chi connectivity index (χ0) is 13.1. The number of hydrogen-bond acceptors (Lipinski definition) is 3. The second-order valence-corrected chi connectivity index (χ2v) is 6.93. The summed E-state index contributed by atoms with van der Waals surface area (Å²) in [5.74, 6) is 0.604. The Balaban J connectivity index is 2.74. The molecule has 1 saturated heterocycles. The molecular weight excluding hydrogens is 258 g/mol. The Bertz CT molecular complexity index is 362. The zero-order valence-electron chi connectivity index (χ0n) is 10.4. The van der Waals surface area contributed by atoms with Crippen molar-refractivity contribution in [3.8, 4) is 0 Å². The third-order valence-corrected chi connectivity index (χ3v) is 5.27. The maximum absolute atomic E-state index is 12.3. The normalized spacial score (nSPS) is 19.7. The second kappa shape index (κ2) is 6.08. The molecule has 0 radical (unpaired) electrons. The van der Waals surface area contributed by atoms with Gasteiger partial charge in [-0.05, 0) is 18.8 Å². The first-order chi connectivity index (χ1) is 7.87. The van der Waals surface area contributed by atoms with E-state index in [2.05, 4.69) is 6.92 Å². The van der Waals surface area contributed by atoms with Crippen molar-refractivity contribution in [2.24, 2.45) is 11.7 Å². The number of thiocarbonyl (C=S) groups is 1. The Morgan fingerprint density at radius 2 is 2.00 bits per heavy atom. The van der Waals surface area contributed by atoms with Gasteiger partial charge in [-0.25, -0.2) is 0 Å². The summed E-state index contributed by atoms with van der Waals surface area (Å²) in [7, 11) is -3.39. The van der Waals surface area contributed by atoms with Crippen LogP contribution in [0.25, 0.3) is 0 Å². The van der Waals surface area contributed by atoms with E-state index in [0.717, 1.165) is 12.8 Å². The van der Waals surface area contributed by atoms with E-state index in [-0.39, 0.29) is 11.5 Å². The summed E-state index contributed by atoms with van der Waals surface area (Å²) in [5.41, 5.74) is 5.42. The highest BCUT2D eigenvalue weighted by atomic mass is 32.2. The summed E-state index contributed by atoms with van der Waals surface area (Å²) in [6, 6.07) is 0. The van der Waals surface area contributed by atoms with Gasteiger partial charge in [-0.3, -0.25) is 0 Å². The van der Waals surface area contributed by atoms with Gasteiger partial charge in [0.1, 0.15) is 0 Å². The lowest BCUT2D eigenvalue weighted by molar-refractivity contribution is 0.270. The molecule has 0 aromatic rings. The van der Waals surface area contributed by atoms with E-state index >= 15 is 0 Å². The van der Waals surface area contributed by atoms with Crippen LogP contribution in [0.1, 0.15) is 26.7 Å². The van der Waals surface area contributed by atoms with Crippen molar-refractivity contribution >= 4 is 27.4 Å². The van der Waals surface area contributed by atoms with Gasteiger partial charge in [0.05, 0.1) is 11.5 Å². The van der Waals surface area contributed by atoms with Crippen LogP contribution >= 0.6 is 12.2 Å². The van der Waals surface area contributed by atoms with Gasteiger partial charge < -0.3 is 5.73 Å². The Hall–Kier alpha value is -0.240. The lowest BCUT2D eigenvalue weighted by atomic mass is 10.0. The Kier molecular flexibility index (Phi) is 5.30. The smallest absolute Gasteiger partial charge is 0.282 e. The molecule has 7 heteroatoms. The third kappa shape index (κ3) is 3.87. The number of nitrogens with two attached hydrogens (primary N) is 1. The molecule has 1 fully saturated rings. The van der Waals surface area contributed by atoms with Crippen molar-refractivity contribution in [2.45, 2.75) is 26.7 Å². The van der Waals surface area contributed by atoms with E-state index in [1.807, 2.05) is 0 Å². The van der Waals surface area contributed by atoms with Gasteiger partial charge >= 0.3 is 0 Å². The molecule has 1 aliphatic heterocycles. The Labute approximate surface area is 109 Å². The van der Waals surface area contributed by atoms with Gasteiger partial charge in [0.25, 0.3) is 10.2 Å². The molecule has 1 heterocycles. The number of hydrogen-bond donors (Lipinski definition) is 1. The van der Waals surface area contributed by atoms with Crippen LogP contribution < -0.4 is 5.73 Å². The first-order valence-electron chi connectivity index (χ1n) is 5.91. The monoisotopic (exact) mass is 279 g/mol. The summed E-state index contributed by atoms with van der Waals surface area (Å²) in [6.07, 6.45) is 1.84. The van der Waals surface area contributed by atoms with Crippen LogP contribution in [-0.2, 0) is 10.2 Å². The topological polar surface area (TPSA) is 66.6 Å². The molecule has 0 aliphatic carbocycles. The van der Waals surface area contributed by atoms with Gasteiger partial charge in [0.2, 0.25) is 0 Å². The molecule has 0 spiro atoms. The Morgan fingerprint density at radius 3 is 2.41 bits per heavy atom. The van der Waals surface area contributed by atoms with Crippen LogP contribution in [0.4, 0.5) is 0 Å². The van der Waals surface area contributed by atoms with Crippen LogP contribution in [-0.4, -0.2) is 48.2 Å². The van der Waals surface area contributed by atoms with Crippen molar-refractivity contribution in [1.82, 2.24) is 8.61 Å². The zero-order valence-corrected chi connectivity index (χ0v) is 12.1. The van der Waals surface area contributed by atoms with Gasteiger partial charge in [0, 0.05) is 19.6 Å². The summed E-state index contributed by atoms with van der Waals surface area (Å²) >= 11 is 4.78. The molecule has 1 rings (SSSR count). The average molecular weight is 279 g/mol. The van der Waals surface area contributed by atoms with Crippen LogP contribution in [0.3, 0.4) is 0 Å². The van der Waals surface area contributed by atoms with Crippen LogP contribution in [0.15, 0.2) is 0 Å². The summed E-state index contributed by atoms with van der Waals surface area (Å²) in [4.78, 5) is 0.209. The fraction of sp³-hybridized carbons (Fsp3) is 0.900. The highest BCUT2D eigenvalue weighted by Crippen LogP contribution is 2.20. The third-order valence-electron chi connectivity index (χ3n) is 3.08. The minimum Gasteiger partial charge on any atom is -0.392 e. The minimum absolute atomic E-state index is 0.125. The lowest BCUT2D eigenvalue weighted by Crippen LogP contribution is -2.49. The van der Waals surface area contributed by atoms with Crippen molar-refractivity contribution < 1.29 is 8.42 Å². The predicted octanol–water partition coefficient (Wildman–Crippen LogP) is 0.571. The standard InChI is InChI=1S/C10H21N3O2S2/c1-3-12(8-10(11)16)17(14,15)13-6-4-9(2)5-7-13/h9H,3-8H2,1-2H3,(H2,11,16). The van der Waals surface area contributed by atoms with E-state index in [1.165, 1.54) is 8.61 Å². The van der Waals surface area contributed by atoms with Gasteiger partial charge in [-0.2, -0.15) is 17.0 Å². The van der Waals surface area contributed by atoms with Gasteiger partial charge in [-0.15, -0.1) is 0 Å². The number of likely N-dealkylation sites (N-methyl/N-ethyl adjacent to an activating group) is 1. The molecule has 17 heavy (non-hydrogen) atoms. The molecule has 2 N–H and O–H groups in total. The molecule has 0 amide bonds. The molecule has 0 unspecified atom stereocenters. The van der Waals surface area contributed by atoms with Crippen molar-refractivity contribution in [2.75, 3.05) is 26.2 Å². The van der Waals surface area contributed by atoms with Gasteiger partial charge in [-0.1, -0.05) is 26.1 Å². The van der Waals surface area contributed by atoms with E-state index in [1.54, 1.807) is 6.92 Å². The highest BCUT2D eigenvalue weighted by Gasteiger charge is 2.31. The summed E-state index contributed by atoms with van der Waals surface area (Å²) < 4.78 is 27.5. The first-order valence-corrected chi connectivity index (χ1v) is 7.72. The van der Waals surface area contributed by atoms with Crippen molar-refractivity contribution in [3.63, 3.8) is 0 Å². The maximum atomic E-state index is 12.3. The van der Waals surface area contributed by atoms with Crippen LogP contribution in [0.2, 0.25) is 0 Å². The quantitative estimate of drug-likeness (QED) is 0.747. The molecule has 100 valence electrons. The van der Waals surface area contributed by atoms with Crippen molar-refractivity contribution in [3.05, 3.63) is 0 Å². The fourth-order valence-electron chi connectivity index (χ4n) is 1.91. The average Bonchev–Trinajstić information content (AvgIpc) is 2.26. The molecule has 5 nitrogen and oxygen atoms in total. The SMILES string of the molecule is CCN(CC(N)=S)S(=O)(=O)N1CCC(C)CC1. The van der Waals surface area contributed by atoms with E-state index in [4.69, 9.17) is 18.0 Å². The summed E-state index contributed by atoms with van der Waals surface area (Å²) in [5, 5.41) is 0. The minimum atomic E-state index is -3.39. The number of piperidine rings is 1. The molecular formula is C10H21N3O2S2. The van der Waals surface area contributed by atoms with E-state index in [0.29, 0.717) is 25.6 Å². The maximum Gasteiger partial charge on any atom is 0.282 e. The number of rotatable bonds is 5.